The third-order valence-electron chi connectivity index (χ3n) is 2.35. The highest BCUT2D eigenvalue weighted by Gasteiger charge is 2.08. The Morgan fingerprint density at radius 2 is 2.20 bits per heavy atom. The maximum Gasteiger partial charge on any atom is 0.195 e. The van der Waals surface area contributed by atoms with Gasteiger partial charge in [-0.1, -0.05) is 6.07 Å². The van der Waals surface area contributed by atoms with Gasteiger partial charge in [0.25, 0.3) is 0 Å². The smallest absolute Gasteiger partial charge is 0.195 e. The van der Waals surface area contributed by atoms with Crippen LogP contribution in [0.15, 0.2) is 29.5 Å². The monoisotopic (exact) mass is 293 g/mol. The van der Waals surface area contributed by atoms with E-state index < -0.39 is 0 Å². The van der Waals surface area contributed by atoms with Gasteiger partial charge in [0, 0.05) is 18.9 Å². The molecule has 1 aromatic heterocycles. The molecule has 0 aliphatic carbocycles. The third kappa shape index (κ3) is 7.68. The first-order valence-corrected chi connectivity index (χ1v) is 7.07. The van der Waals surface area contributed by atoms with Crippen LogP contribution in [0, 0.1) is 0 Å². The second-order valence-electron chi connectivity index (χ2n) is 5.51. The van der Waals surface area contributed by atoms with Gasteiger partial charge in [0.15, 0.2) is 11.1 Å². The third-order valence-corrected chi connectivity index (χ3v) is 2.59. The molecule has 0 fully saturated rings. The molecule has 1 heterocycles. The van der Waals surface area contributed by atoms with Crippen LogP contribution in [0.2, 0.25) is 0 Å². The van der Waals surface area contributed by atoms with E-state index in [1.54, 1.807) is 6.20 Å². The molecule has 0 aliphatic heterocycles. The fourth-order valence-electron chi connectivity index (χ4n) is 1.59. The van der Waals surface area contributed by atoms with Crippen molar-refractivity contribution in [1.82, 2.24) is 15.6 Å². The van der Waals surface area contributed by atoms with Gasteiger partial charge in [0.2, 0.25) is 0 Å². The Morgan fingerprint density at radius 3 is 2.80 bits per heavy atom. The zero-order valence-electron chi connectivity index (χ0n) is 12.3. The minimum atomic E-state index is -0.215. The standard InChI is InChI=1S/C14H23N5S/c1-14(2,3)19-12(15)18-13(20)17-9-5-7-11-6-4-8-16-10-11/h4,6,8,10H,5,7,9H2,1-3H3,(H4,15,17,18,19,20). The van der Waals surface area contributed by atoms with Crippen LogP contribution < -0.4 is 16.4 Å². The largest absolute Gasteiger partial charge is 0.370 e. The second kappa shape index (κ2) is 7.79. The quantitative estimate of drug-likeness (QED) is 0.340. The van der Waals surface area contributed by atoms with Crippen LogP contribution in [0.5, 0.6) is 0 Å². The summed E-state index contributed by atoms with van der Waals surface area (Å²) in [5, 5.41) is 6.48. The van der Waals surface area contributed by atoms with Gasteiger partial charge in [-0.15, -0.1) is 0 Å². The zero-order chi connectivity index (χ0) is 15.0. The van der Waals surface area contributed by atoms with Gasteiger partial charge in [0.1, 0.15) is 0 Å². The predicted molar refractivity (Wildman–Crippen MR) is 87.7 cm³/mol. The molecule has 1 rings (SSSR count). The van der Waals surface area contributed by atoms with Crippen molar-refractivity contribution in [1.29, 1.82) is 0 Å². The number of hydrogen-bond donors (Lipinski definition) is 3. The normalized spacial score (nSPS) is 12.1. The topological polar surface area (TPSA) is 75.3 Å². The summed E-state index contributed by atoms with van der Waals surface area (Å²) in [6.45, 7) is 6.72. The summed E-state index contributed by atoms with van der Waals surface area (Å²) in [6, 6.07) is 4.01. The number of aromatic nitrogens is 1. The number of guanidine groups is 1. The van der Waals surface area contributed by atoms with E-state index in [0.29, 0.717) is 11.1 Å². The minimum absolute atomic E-state index is 0.215. The van der Waals surface area contributed by atoms with E-state index in [0.717, 1.165) is 19.4 Å². The van der Waals surface area contributed by atoms with Crippen LogP contribution in [-0.4, -0.2) is 28.1 Å². The van der Waals surface area contributed by atoms with Crippen LogP contribution in [0.4, 0.5) is 0 Å². The zero-order valence-corrected chi connectivity index (χ0v) is 13.1. The van der Waals surface area contributed by atoms with E-state index in [4.69, 9.17) is 18.0 Å². The van der Waals surface area contributed by atoms with Crippen LogP contribution in [-0.2, 0) is 6.42 Å². The molecule has 20 heavy (non-hydrogen) atoms. The fraction of sp³-hybridized carbons (Fsp3) is 0.500. The van der Waals surface area contributed by atoms with Gasteiger partial charge in [-0.25, -0.2) is 4.99 Å². The first kappa shape index (κ1) is 16.4. The Bertz CT molecular complexity index is 450. The Morgan fingerprint density at radius 1 is 1.45 bits per heavy atom. The number of pyridine rings is 1. The van der Waals surface area contributed by atoms with Crippen molar-refractivity contribution >= 4 is 23.3 Å². The van der Waals surface area contributed by atoms with E-state index in [-0.39, 0.29) is 5.54 Å². The summed E-state index contributed by atoms with van der Waals surface area (Å²) < 4.78 is 0. The van der Waals surface area contributed by atoms with Gasteiger partial charge in [-0.2, -0.15) is 0 Å². The predicted octanol–water partition coefficient (Wildman–Crippen LogP) is 1.59. The molecule has 0 saturated carbocycles. The maximum absolute atomic E-state index is 5.76. The molecule has 0 saturated heterocycles. The average Bonchev–Trinajstić information content (AvgIpc) is 2.33. The number of rotatable bonds is 4. The molecule has 0 aromatic carbocycles. The number of hydrogen-bond acceptors (Lipinski definition) is 3. The van der Waals surface area contributed by atoms with E-state index in [9.17, 15) is 0 Å². The Kier molecular flexibility index (Phi) is 6.38. The van der Waals surface area contributed by atoms with Crippen LogP contribution in [0.3, 0.4) is 0 Å². The van der Waals surface area contributed by atoms with E-state index in [1.807, 2.05) is 33.0 Å². The van der Waals surface area contributed by atoms with Crippen molar-refractivity contribution in [2.24, 2.45) is 10.7 Å². The first-order valence-electron chi connectivity index (χ1n) is 6.66. The fourth-order valence-corrected chi connectivity index (χ4v) is 1.80. The summed E-state index contributed by atoms with van der Waals surface area (Å²) in [6.07, 6.45) is 5.60. The molecule has 6 heteroatoms. The summed E-state index contributed by atoms with van der Waals surface area (Å²) in [7, 11) is 0. The lowest BCUT2D eigenvalue weighted by atomic mass is 10.1. The molecule has 0 unspecified atom stereocenters. The summed E-state index contributed by atoms with van der Waals surface area (Å²) >= 11 is 5.15. The van der Waals surface area contributed by atoms with Crippen LogP contribution in [0.1, 0.15) is 32.8 Å². The van der Waals surface area contributed by atoms with Crippen molar-refractivity contribution in [2.75, 3.05) is 6.54 Å². The number of nitrogens with one attached hydrogen (secondary N) is 2. The van der Waals surface area contributed by atoms with Crippen molar-refractivity contribution in [3.8, 4) is 0 Å². The van der Waals surface area contributed by atoms with Crippen molar-refractivity contribution in [3.05, 3.63) is 30.1 Å². The molecule has 0 bridgehead atoms. The molecule has 0 radical (unpaired) electrons. The van der Waals surface area contributed by atoms with Gasteiger partial charge in [-0.05, 0) is 57.5 Å². The van der Waals surface area contributed by atoms with E-state index in [1.165, 1.54) is 5.56 Å². The molecule has 4 N–H and O–H groups in total. The Labute approximate surface area is 126 Å². The molecule has 5 nitrogen and oxygen atoms in total. The van der Waals surface area contributed by atoms with Crippen molar-refractivity contribution in [3.63, 3.8) is 0 Å². The molecule has 0 spiro atoms. The molecule has 0 atom stereocenters. The van der Waals surface area contributed by atoms with Gasteiger partial charge in [0.05, 0.1) is 5.54 Å². The number of thiocarbonyl (C=S) groups is 1. The highest BCUT2D eigenvalue weighted by molar-refractivity contribution is 7.80. The molecule has 1 aromatic rings. The highest BCUT2D eigenvalue weighted by Crippen LogP contribution is 2.04. The SMILES string of the molecule is CC(C)(C)N=C(N)NC(=S)NCCCc1cccnc1. The van der Waals surface area contributed by atoms with Crippen molar-refractivity contribution < 1.29 is 0 Å². The van der Waals surface area contributed by atoms with E-state index in [2.05, 4.69) is 26.7 Å². The lowest BCUT2D eigenvalue weighted by molar-refractivity contribution is 0.580. The van der Waals surface area contributed by atoms with Gasteiger partial charge < -0.3 is 16.4 Å². The van der Waals surface area contributed by atoms with E-state index >= 15 is 0 Å². The molecule has 110 valence electrons. The molecule has 0 amide bonds. The van der Waals surface area contributed by atoms with Crippen LogP contribution >= 0.6 is 12.2 Å². The van der Waals surface area contributed by atoms with Crippen LogP contribution in [0.25, 0.3) is 0 Å². The maximum atomic E-state index is 5.76. The lowest BCUT2D eigenvalue weighted by Crippen LogP contribution is -2.44. The highest BCUT2D eigenvalue weighted by atomic mass is 32.1. The second-order valence-corrected chi connectivity index (χ2v) is 5.92. The first-order chi connectivity index (χ1) is 9.37. The number of aliphatic imine (C=N–C) groups is 1. The van der Waals surface area contributed by atoms with Gasteiger partial charge in [-0.3, -0.25) is 4.98 Å². The number of nitrogens with zero attached hydrogens (tertiary/aromatic N) is 2. The summed E-state index contributed by atoms with van der Waals surface area (Å²) in [4.78, 5) is 8.35. The summed E-state index contributed by atoms with van der Waals surface area (Å²) in [5.41, 5.74) is 6.77. The molecule has 0 aliphatic rings. The number of nitrogens with two attached hydrogens (primary N) is 1. The summed E-state index contributed by atoms with van der Waals surface area (Å²) in [5.74, 6) is 0.335. The Balaban J connectivity index is 2.22. The molecular weight excluding hydrogens is 270 g/mol. The minimum Gasteiger partial charge on any atom is -0.370 e. The molecular formula is C14H23N5S. The lowest BCUT2D eigenvalue weighted by Gasteiger charge is -2.15. The number of aryl methyl sites for hydroxylation is 1. The van der Waals surface area contributed by atoms with Crippen molar-refractivity contribution in [2.45, 2.75) is 39.2 Å². The van der Waals surface area contributed by atoms with Gasteiger partial charge >= 0.3 is 0 Å². The average molecular weight is 293 g/mol. The Hall–Kier alpha value is -1.69.